The summed E-state index contributed by atoms with van der Waals surface area (Å²) in [7, 11) is 0. The van der Waals surface area contributed by atoms with Crippen LogP contribution in [0.2, 0.25) is 0 Å². The molecule has 1 N–H and O–H groups in total. The molecular formula is C17H18F3NO3. The molecule has 0 aromatic heterocycles. The first-order valence-electron chi connectivity index (χ1n) is 7.16. The third kappa shape index (κ3) is 4.28. The second-order valence-corrected chi connectivity index (χ2v) is 6.05. The first kappa shape index (κ1) is 19.6. The van der Waals surface area contributed by atoms with E-state index in [2.05, 4.69) is 0 Å². The van der Waals surface area contributed by atoms with E-state index < -0.39 is 39.8 Å². The summed E-state index contributed by atoms with van der Waals surface area (Å²) in [6.45, 7) is 6.30. The van der Waals surface area contributed by atoms with Crippen LogP contribution in [-0.2, 0) is 11.0 Å². The number of hydrogen-bond acceptors (Lipinski definition) is 4. The van der Waals surface area contributed by atoms with Gasteiger partial charge >= 0.3 is 6.18 Å². The minimum atomic E-state index is -4.79. The van der Waals surface area contributed by atoms with E-state index in [-0.39, 0.29) is 12.4 Å². The van der Waals surface area contributed by atoms with Gasteiger partial charge in [-0.25, -0.2) is 0 Å². The van der Waals surface area contributed by atoms with Crippen molar-refractivity contribution in [3.63, 3.8) is 0 Å². The molecule has 0 heterocycles. The Balaban J connectivity index is 3.62. The number of nitriles is 1. The van der Waals surface area contributed by atoms with Gasteiger partial charge < -0.3 is 9.84 Å². The Labute approximate surface area is 138 Å². The van der Waals surface area contributed by atoms with E-state index in [1.807, 2.05) is 0 Å². The molecule has 0 fully saturated rings. The smallest absolute Gasteiger partial charge is 0.417 e. The predicted molar refractivity (Wildman–Crippen MR) is 82.2 cm³/mol. The van der Waals surface area contributed by atoms with Crippen LogP contribution in [0, 0.1) is 16.7 Å². The lowest BCUT2D eigenvalue weighted by Crippen LogP contribution is -2.23. The Morgan fingerprint density at radius 3 is 2.29 bits per heavy atom. The molecule has 0 atom stereocenters. The van der Waals surface area contributed by atoms with Crippen LogP contribution >= 0.6 is 0 Å². The van der Waals surface area contributed by atoms with E-state index in [4.69, 9.17) is 10.00 Å². The van der Waals surface area contributed by atoms with Crippen molar-refractivity contribution in [3.8, 4) is 11.8 Å². The predicted octanol–water partition coefficient (Wildman–Crippen LogP) is 4.51. The summed E-state index contributed by atoms with van der Waals surface area (Å²) < 4.78 is 44.9. The molecule has 0 radical (unpaired) electrons. The molecule has 0 spiro atoms. The van der Waals surface area contributed by atoms with Crippen molar-refractivity contribution in [1.82, 2.24) is 0 Å². The van der Waals surface area contributed by atoms with Gasteiger partial charge in [-0.3, -0.25) is 4.79 Å². The van der Waals surface area contributed by atoms with Crippen molar-refractivity contribution < 1.29 is 27.8 Å². The number of ketones is 1. The van der Waals surface area contributed by atoms with Crippen LogP contribution in [0.4, 0.5) is 13.2 Å². The van der Waals surface area contributed by atoms with Gasteiger partial charge in [0.15, 0.2) is 5.78 Å². The molecule has 1 rings (SSSR count). The lowest BCUT2D eigenvalue weighted by molar-refractivity contribution is -0.138. The Hall–Kier alpha value is -2.49. The molecule has 0 aliphatic rings. The Bertz CT molecular complexity index is 707. The fourth-order valence-electron chi connectivity index (χ4n) is 1.94. The summed E-state index contributed by atoms with van der Waals surface area (Å²) in [4.78, 5) is 12.2. The van der Waals surface area contributed by atoms with E-state index in [0.717, 1.165) is 12.1 Å². The quantitative estimate of drug-likeness (QED) is 0.497. The van der Waals surface area contributed by atoms with Crippen molar-refractivity contribution in [1.29, 1.82) is 5.26 Å². The number of hydrogen-bond donors (Lipinski definition) is 1. The minimum absolute atomic E-state index is 0.0259. The Morgan fingerprint density at radius 2 is 1.88 bits per heavy atom. The molecule has 7 heteroatoms. The van der Waals surface area contributed by atoms with Gasteiger partial charge in [0.25, 0.3) is 0 Å². The van der Waals surface area contributed by atoms with Gasteiger partial charge in [0.05, 0.1) is 12.2 Å². The zero-order valence-electron chi connectivity index (χ0n) is 13.8. The van der Waals surface area contributed by atoms with E-state index >= 15 is 0 Å². The highest BCUT2D eigenvalue weighted by atomic mass is 19.4. The SMILES string of the molecule is CCOc1ccc(C(O)=C(C#N)C(=O)C(C)(C)C)c(C(F)(F)F)c1. The summed E-state index contributed by atoms with van der Waals surface area (Å²) >= 11 is 0. The van der Waals surface area contributed by atoms with Gasteiger partial charge in [0.2, 0.25) is 0 Å². The molecule has 1 aromatic carbocycles. The number of aliphatic hydroxyl groups is 1. The Morgan fingerprint density at radius 1 is 1.29 bits per heavy atom. The van der Waals surface area contributed by atoms with Gasteiger partial charge in [-0.05, 0) is 25.1 Å². The highest BCUT2D eigenvalue weighted by Crippen LogP contribution is 2.38. The van der Waals surface area contributed by atoms with Gasteiger partial charge in [0, 0.05) is 11.0 Å². The Kier molecular flexibility index (Phi) is 5.67. The van der Waals surface area contributed by atoms with Gasteiger partial charge in [-0.2, -0.15) is 18.4 Å². The number of carbonyl (C=O) groups is 1. The largest absolute Gasteiger partial charge is 0.506 e. The molecule has 1 aromatic rings. The summed E-state index contributed by atoms with van der Waals surface area (Å²) in [5.74, 6) is -1.76. The third-order valence-electron chi connectivity index (χ3n) is 3.12. The number of rotatable bonds is 4. The van der Waals surface area contributed by atoms with E-state index in [0.29, 0.717) is 0 Å². The van der Waals surface area contributed by atoms with Crippen LogP contribution in [0.1, 0.15) is 38.8 Å². The van der Waals surface area contributed by atoms with E-state index in [1.165, 1.54) is 32.9 Å². The number of Topliss-reactive ketones (excluding diaryl/α,β-unsaturated/α-hetero) is 1. The van der Waals surface area contributed by atoms with Gasteiger partial charge in [-0.15, -0.1) is 0 Å². The van der Waals surface area contributed by atoms with Crippen LogP contribution in [0.5, 0.6) is 5.75 Å². The summed E-state index contributed by atoms with van der Waals surface area (Å²) in [6, 6.07) is 4.45. The second kappa shape index (κ2) is 6.95. The monoisotopic (exact) mass is 341 g/mol. The van der Waals surface area contributed by atoms with Crippen LogP contribution in [-0.4, -0.2) is 17.5 Å². The van der Waals surface area contributed by atoms with Gasteiger partial charge in [-0.1, -0.05) is 20.8 Å². The normalized spacial score (nSPS) is 13.1. The molecule has 0 unspecified atom stereocenters. The molecule has 0 saturated carbocycles. The van der Waals surface area contributed by atoms with Gasteiger partial charge in [0.1, 0.15) is 23.2 Å². The summed E-state index contributed by atoms with van der Waals surface area (Å²) in [5, 5.41) is 19.3. The third-order valence-corrected chi connectivity index (χ3v) is 3.12. The fraction of sp³-hybridized carbons (Fsp3) is 0.412. The van der Waals surface area contributed by atoms with Crippen molar-refractivity contribution in [3.05, 3.63) is 34.9 Å². The molecule has 4 nitrogen and oxygen atoms in total. The number of carbonyl (C=O) groups excluding carboxylic acids is 1. The molecule has 0 aliphatic carbocycles. The average molecular weight is 341 g/mol. The number of nitrogens with zero attached hydrogens (tertiary/aromatic N) is 1. The highest BCUT2D eigenvalue weighted by Gasteiger charge is 2.37. The summed E-state index contributed by atoms with van der Waals surface area (Å²) in [5.41, 5.74) is -3.56. The number of benzene rings is 1. The number of halogens is 3. The van der Waals surface area contributed by atoms with E-state index in [9.17, 15) is 23.1 Å². The van der Waals surface area contributed by atoms with Crippen molar-refractivity contribution in [2.45, 2.75) is 33.9 Å². The molecule has 0 amide bonds. The van der Waals surface area contributed by atoms with Crippen LogP contribution in [0.15, 0.2) is 23.8 Å². The van der Waals surface area contributed by atoms with Crippen LogP contribution < -0.4 is 4.74 Å². The molecule has 0 saturated heterocycles. The lowest BCUT2D eigenvalue weighted by Gasteiger charge is -2.18. The van der Waals surface area contributed by atoms with Crippen LogP contribution in [0.3, 0.4) is 0 Å². The molecule has 24 heavy (non-hydrogen) atoms. The maximum atomic E-state index is 13.3. The topological polar surface area (TPSA) is 70.3 Å². The molecule has 0 aliphatic heterocycles. The minimum Gasteiger partial charge on any atom is -0.506 e. The van der Waals surface area contributed by atoms with E-state index in [1.54, 1.807) is 6.92 Å². The zero-order valence-corrected chi connectivity index (χ0v) is 13.8. The maximum absolute atomic E-state index is 13.3. The number of aliphatic hydroxyl groups excluding tert-OH is 1. The maximum Gasteiger partial charge on any atom is 0.417 e. The average Bonchev–Trinajstić information content (AvgIpc) is 2.46. The highest BCUT2D eigenvalue weighted by molar-refractivity contribution is 6.07. The lowest BCUT2D eigenvalue weighted by atomic mass is 9.85. The van der Waals surface area contributed by atoms with Crippen molar-refractivity contribution in [2.75, 3.05) is 6.61 Å². The number of ether oxygens (including phenoxy) is 1. The standard InChI is InChI=1S/C17H18F3NO3/c1-5-24-10-6-7-11(13(8-10)17(18,19)20)14(22)12(9-21)15(23)16(2,3)4/h6-8,22H,5H2,1-4H3. The number of alkyl halides is 3. The number of allylic oxidation sites excluding steroid dienone is 1. The van der Waals surface area contributed by atoms with Crippen molar-refractivity contribution in [2.24, 2.45) is 5.41 Å². The van der Waals surface area contributed by atoms with Crippen molar-refractivity contribution >= 4 is 11.5 Å². The molecular weight excluding hydrogens is 323 g/mol. The first-order valence-corrected chi connectivity index (χ1v) is 7.16. The second-order valence-electron chi connectivity index (χ2n) is 6.05. The fourth-order valence-corrected chi connectivity index (χ4v) is 1.94. The van der Waals surface area contributed by atoms with Crippen LogP contribution in [0.25, 0.3) is 5.76 Å². The molecule has 130 valence electrons. The molecule has 0 bridgehead atoms. The first-order chi connectivity index (χ1) is 10.9. The summed E-state index contributed by atoms with van der Waals surface area (Å²) in [6.07, 6.45) is -4.79. The zero-order chi connectivity index (χ0) is 18.7.